The van der Waals surface area contributed by atoms with E-state index < -0.39 is 11.7 Å². The zero-order chi connectivity index (χ0) is 27.9. The van der Waals surface area contributed by atoms with Crippen LogP contribution >= 0.6 is 0 Å². The summed E-state index contributed by atoms with van der Waals surface area (Å²) in [5.41, 5.74) is 6.14. The molecule has 38 heavy (non-hydrogen) atoms. The maximum absolute atomic E-state index is 12.5. The Bertz CT molecular complexity index is 1160. The second-order valence-corrected chi connectivity index (χ2v) is 9.80. The van der Waals surface area contributed by atoms with Gasteiger partial charge < -0.3 is 23.7 Å². The molecular weight excluding hydrogens is 488 g/mol. The van der Waals surface area contributed by atoms with Crippen LogP contribution in [0.25, 0.3) is 17.2 Å². The Labute approximate surface area is 224 Å². The number of benzene rings is 2. The van der Waals surface area contributed by atoms with Gasteiger partial charge in [0.1, 0.15) is 22.8 Å². The molecule has 0 unspecified atom stereocenters. The van der Waals surface area contributed by atoms with Crippen LogP contribution in [0.3, 0.4) is 0 Å². The number of nitrogens with one attached hydrogen (secondary N) is 1. The van der Waals surface area contributed by atoms with E-state index in [1.807, 2.05) is 32.0 Å². The van der Waals surface area contributed by atoms with Crippen LogP contribution in [0.5, 0.6) is 17.2 Å². The highest BCUT2D eigenvalue weighted by atomic mass is 16.6. The van der Waals surface area contributed by atoms with E-state index in [9.17, 15) is 9.59 Å². The van der Waals surface area contributed by atoms with Crippen LogP contribution in [-0.4, -0.2) is 43.5 Å². The van der Waals surface area contributed by atoms with Crippen molar-refractivity contribution in [2.45, 2.75) is 66.2 Å². The number of amides is 1. The van der Waals surface area contributed by atoms with Gasteiger partial charge in [0.2, 0.25) is 0 Å². The van der Waals surface area contributed by atoms with Gasteiger partial charge in [0.25, 0.3) is 0 Å². The van der Waals surface area contributed by atoms with Crippen molar-refractivity contribution < 1.29 is 33.3 Å². The van der Waals surface area contributed by atoms with Gasteiger partial charge in [-0.2, -0.15) is 0 Å². The van der Waals surface area contributed by atoms with Gasteiger partial charge in [0.15, 0.2) is 0 Å². The number of fused-ring (bicyclic) bond motifs is 1. The van der Waals surface area contributed by atoms with Crippen molar-refractivity contribution in [1.82, 2.24) is 10.4 Å². The molecule has 0 radical (unpaired) electrons. The highest BCUT2D eigenvalue weighted by Crippen LogP contribution is 2.45. The Kier molecular flexibility index (Phi) is 9.63. The molecule has 0 bridgehead atoms. The van der Waals surface area contributed by atoms with E-state index in [4.69, 9.17) is 23.7 Å². The summed E-state index contributed by atoms with van der Waals surface area (Å²) < 4.78 is 28.3. The quantitative estimate of drug-likeness (QED) is 0.305. The minimum atomic E-state index is -0.642. The molecule has 1 N–H and O–H groups in total. The summed E-state index contributed by atoms with van der Waals surface area (Å²) in [5, 5.41) is 1.62. The molecule has 206 valence electrons. The molecule has 0 fully saturated rings. The summed E-state index contributed by atoms with van der Waals surface area (Å²) in [4.78, 5) is 24.8. The molecule has 1 aliphatic rings. The molecule has 1 heterocycles. The Balaban J connectivity index is 2.10. The van der Waals surface area contributed by atoms with Gasteiger partial charge in [-0.15, -0.1) is 0 Å². The van der Waals surface area contributed by atoms with Gasteiger partial charge in [0.05, 0.1) is 32.9 Å². The average Bonchev–Trinajstić information content (AvgIpc) is 2.86. The van der Waals surface area contributed by atoms with Crippen molar-refractivity contribution in [3.8, 4) is 28.4 Å². The van der Waals surface area contributed by atoms with Gasteiger partial charge in [0, 0.05) is 24.8 Å². The van der Waals surface area contributed by atoms with Gasteiger partial charge in [-0.05, 0) is 75.1 Å². The average molecular weight is 527 g/mol. The lowest BCUT2D eigenvalue weighted by Gasteiger charge is -2.30. The lowest BCUT2D eigenvalue weighted by molar-refractivity contribution is -0.134. The van der Waals surface area contributed by atoms with Crippen LogP contribution in [0.2, 0.25) is 0 Å². The molecule has 1 aliphatic heterocycles. The first-order valence-electron chi connectivity index (χ1n) is 12.7. The Morgan fingerprint density at radius 1 is 1.03 bits per heavy atom. The van der Waals surface area contributed by atoms with E-state index in [1.54, 1.807) is 58.3 Å². The molecular formula is C29H38N2O7. The second-order valence-electron chi connectivity index (χ2n) is 9.80. The van der Waals surface area contributed by atoms with E-state index >= 15 is 0 Å². The number of carbonyl (C=O) groups is 2. The smallest absolute Gasteiger partial charge is 0.426 e. The number of methoxy groups -OCH3 is 2. The highest BCUT2D eigenvalue weighted by molar-refractivity contribution is 5.85. The predicted molar refractivity (Wildman–Crippen MR) is 145 cm³/mol. The molecule has 0 aliphatic carbocycles. The topological polar surface area (TPSA) is 95.6 Å². The zero-order valence-corrected chi connectivity index (χ0v) is 23.3. The monoisotopic (exact) mass is 526 g/mol. The lowest BCUT2D eigenvalue weighted by atomic mass is 9.91. The number of ether oxygens (including phenoxy) is 5. The number of rotatable bonds is 10. The van der Waals surface area contributed by atoms with Crippen molar-refractivity contribution in [3.63, 3.8) is 0 Å². The number of hydrogen-bond acceptors (Lipinski definition) is 8. The van der Waals surface area contributed by atoms with Crippen LogP contribution in [-0.2, 0) is 27.4 Å². The Morgan fingerprint density at radius 2 is 1.71 bits per heavy atom. The third kappa shape index (κ3) is 7.19. The number of hydrazine groups is 1. The highest BCUT2D eigenvalue weighted by Gasteiger charge is 2.26. The molecule has 0 spiro atoms. The van der Waals surface area contributed by atoms with Gasteiger partial charge in [-0.25, -0.2) is 10.2 Å². The van der Waals surface area contributed by atoms with Crippen LogP contribution in [0.4, 0.5) is 4.79 Å². The summed E-state index contributed by atoms with van der Waals surface area (Å²) in [6.07, 6.45) is 3.94. The molecule has 1 amide bonds. The Morgan fingerprint density at radius 3 is 2.29 bits per heavy atom. The zero-order valence-electron chi connectivity index (χ0n) is 23.3. The van der Waals surface area contributed by atoms with Gasteiger partial charge in [-0.3, -0.25) is 9.80 Å². The molecule has 0 aromatic heterocycles. The number of esters is 1. The normalized spacial score (nSPS) is 12.6. The van der Waals surface area contributed by atoms with Crippen molar-refractivity contribution >= 4 is 18.1 Å². The van der Waals surface area contributed by atoms with Gasteiger partial charge >= 0.3 is 12.1 Å². The standard InChI is InChI=1S/C29H38N2O7/c1-8-10-26(32)37-23-12-11-21(27-24(34-6)15-19(18-36-9-2)16-25(27)35-7)22-17-31(14-13-20(22)23)30-28(33)38-29(3,4)5/h11-16H,8-10,17-18H2,1-7H3,(H,30,33). The van der Waals surface area contributed by atoms with Crippen molar-refractivity contribution in [1.29, 1.82) is 0 Å². The van der Waals surface area contributed by atoms with E-state index in [0.717, 1.165) is 27.8 Å². The minimum Gasteiger partial charge on any atom is -0.496 e. The molecule has 0 saturated heterocycles. The molecule has 0 saturated carbocycles. The van der Waals surface area contributed by atoms with E-state index in [1.165, 1.54) is 0 Å². The Hall–Kier alpha value is -3.72. The van der Waals surface area contributed by atoms with Crippen molar-refractivity contribution in [2.75, 3.05) is 20.8 Å². The first-order valence-corrected chi connectivity index (χ1v) is 12.7. The van der Waals surface area contributed by atoms with E-state index in [0.29, 0.717) is 43.3 Å². The fraction of sp³-hybridized carbons (Fsp3) is 0.448. The minimum absolute atomic E-state index is 0.284. The molecule has 2 aromatic rings. The molecule has 3 rings (SSSR count). The predicted octanol–water partition coefficient (Wildman–Crippen LogP) is 5.84. The third-order valence-corrected chi connectivity index (χ3v) is 5.69. The van der Waals surface area contributed by atoms with E-state index in [-0.39, 0.29) is 12.5 Å². The van der Waals surface area contributed by atoms with E-state index in [2.05, 4.69) is 5.43 Å². The molecule has 2 aromatic carbocycles. The molecule has 0 atom stereocenters. The molecule has 9 heteroatoms. The third-order valence-electron chi connectivity index (χ3n) is 5.69. The van der Waals surface area contributed by atoms with Crippen LogP contribution in [0.15, 0.2) is 30.5 Å². The summed E-state index contributed by atoms with van der Waals surface area (Å²) in [7, 11) is 3.21. The maximum atomic E-state index is 12.5. The SMILES string of the molecule is CCCC(=O)Oc1ccc(-c2c(OC)cc(COCC)cc2OC)c2c1C=CN(NC(=O)OC(C)(C)C)C2. The molecule has 9 nitrogen and oxygen atoms in total. The number of hydrogen-bond donors (Lipinski definition) is 1. The first-order chi connectivity index (χ1) is 18.1. The summed E-state index contributed by atoms with van der Waals surface area (Å²) in [5.74, 6) is 1.36. The van der Waals surface area contributed by atoms with Gasteiger partial charge in [-0.1, -0.05) is 13.0 Å². The maximum Gasteiger partial charge on any atom is 0.426 e. The fourth-order valence-electron chi connectivity index (χ4n) is 4.11. The fourth-order valence-corrected chi connectivity index (χ4v) is 4.11. The summed E-state index contributed by atoms with van der Waals surface area (Å²) in [6, 6.07) is 7.49. The largest absolute Gasteiger partial charge is 0.496 e. The number of nitrogens with zero attached hydrogens (tertiary/aromatic N) is 1. The van der Waals surface area contributed by atoms with Crippen molar-refractivity contribution in [2.24, 2.45) is 0 Å². The summed E-state index contributed by atoms with van der Waals surface area (Å²) >= 11 is 0. The van der Waals surface area contributed by atoms with Crippen LogP contribution in [0, 0.1) is 0 Å². The van der Waals surface area contributed by atoms with Crippen LogP contribution < -0.4 is 19.6 Å². The lowest BCUT2D eigenvalue weighted by Crippen LogP contribution is -2.42. The second kappa shape index (κ2) is 12.7. The van der Waals surface area contributed by atoms with Crippen molar-refractivity contribution in [3.05, 3.63) is 47.2 Å². The first kappa shape index (κ1) is 28.8. The van der Waals surface area contributed by atoms with Crippen LogP contribution in [0.1, 0.15) is 64.2 Å². The summed E-state index contributed by atoms with van der Waals surface area (Å²) in [6.45, 7) is 10.6. The number of carbonyl (C=O) groups excluding carboxylic acids is 2.